The minimum atomic E-state index is -0.896. The SMILES string of the molecule is CC(C)C(C)(C#N)NC(=O)CSc1nnc(-c2ccc(C(C)(C)C)cc2)o1. The second-order valence-electron chi connectivity index (χ2n) is 8.01. The van der Waals surface area contributed by atoms with Crippen LogP contribution in [0.4, 0.5) is 0 Å². The first-order valence-corrected chi connectivity index (χ1v) is 9.83. The molecule has 1 amide bonds. The van der Waals surface area contributed by atoms with E-state index < -0.39 is 5.54 Å². The van der Waals surface area contributed by atoms with Crippen molar-refractivity contribution in [3.8, 4) is 17.5 Å². The average molecular weight is 387 g/mol. The number of rotatable bonds is 6. The van der Waals surface area contributed by atoms with Crippen LogP contribution in [0.5, 0.6) is 0 Å². The zero-order chi connectivity index (χ0) is 20.2. The maximum atomic E-state index is 12.1. The van der Waals surface area contributed by atoms with Gasteiger partial charge >= 0.3 is 0 Å². The molecule has 0 radical (unpaired) electrons. The van der Waals surface area contributed by atoms with E-state index in [1.54, 1.807) is 6.92 Å². The van der Waals surface area contributed by atoms with E-state index in [4.69, 9.17) is 4.42 Å². The lowest BCUT2D eigenvalue weighted by Crippen LogP contribution is -2.49. The summed E-state index contributed by atoms with van der Waals surface area (Å²) < 4.78 is 5.65. The van der Waals surface area contributed by atoms with Gasteiger partial charge in [0.15, 0.2) is 0 Å². The normalized spacial score (nSPS) is 13.9. The third-order valence-electron chi connectivity index (χ3n) is 4.52. The van der Waals surface area contributed by atoms with Gasteiger partial charge in [-0.25, -0.2) is 0 Å². The summed E-state index contributed by atoms with van der Waals surface area (Å²) >= 11 is 1.15. The van der Waals surface area contributed by atoms with E-state index in [-0.39, 0.29) is 23.0 Å². The molecule has 7 heteroatoms. The van der Waals surface area contributed by atoms with Crippen molar-refractivity contribution in [1.29, 1.82) is 5.26 Å². The number of nitriles is 1. The lowest BCUT2D eigenvalue weighted by molar-refractivity contribution is -0.120. The molecular weight excluding hydrogens is 360 g/mol. The van der Waals surface area contributed by atoms with Gasteiger partial charge in [-0.05, 0) is 36.0 Å². The Morgan fingerprint density at radius 3 is 2.37 bits per heavy atom. The Balaban J connectivity index is 1.98. The number of hydrogen-bond acceptors (Lipinski definition) is 6. The largest absolute Gasteiger partial charge is 0.411 e. The Hall–Kier alpha value is -2.33. The summed E-state index contributed by atoms with van der Waals surface area (Å²) in [5.74, 6) is 0.283. The molecule has 2 aromatic rings. The van der Waals surface area contributed by atoms with Gasteiger partial charge in [-0.1, -0.05) is 58.5 Å². The molecule has 6 nitrogen and oxygen atoms in total. The minimum absolute atomic E-state index is 0.00234. The van der Waals surface area contributed by atoms with E-state index in [1.165, 1.54) is 5.56 Å². The third-order valence-corrected chi connectivity index (χ3v) is 5.34. The number of benzene rings is 1. The molecule has 1 aromatic carbocycles. The molecule has 144 valence electrons. The average Bonchev–Trinajstić information content (AvgIpc) is 3.08. The molecule has 0 aliphatic heterocycles. The fourth-order valence-electron chi connectivity index (χ4n) is 2.25. The molecule has 1 N–H and O–H groups in total. The van der Waals surface area contributed by atoms with Gasteiger partial charge in [0.25, 0.3) is 5.22 Å². The van der Waals surface area contributed by atoms with Crippen LogP contribution < -0.4 is 5.32 Å². The van der Waals surface area contributed by atoms with Crippen molar-refractivity contribution in [2.24, 2.45) is 5.92 Å². The lowest BCUT2D eigenvalue weighted by Gasteiger charge is -2.27. The van der Waals surface area contributed by atoms with Crippen molar-refractivity contribution < 1.29 is 9.21 Å². The maximum absolute atomic E-state index is 12.1. The summed E-state index contributed by atoms with van der Waals surface area (Å²) in [4.78, 5) is 12.1. The van der Waals surface area contributed by atoms with Crippen LogP contribution >= 0.6 is 11.8 Å². The monoisotopic (exact) mass is 386 g/mol. The lowest BCUT2D eigenvalue weighted by atomic mass is 9.87. The van der Waals surface area contributed by atoms with Gasteiger partial charge in [-0.3, -0.25) is 4.79 Å². The van der Waals surface area contributed by atoms with Gasteiger partial charge < -0.3 is 9.73 Å². The third kappa shape index (κ3) is 5.33. The van der Waals surface area contributed by atoms with Crippen LogP contribution in [0.15, 0.2) is 33.9 Å². The molecule has 1 heterocycles. The fourth-order valence-corrected chi connectivity index (χ4v) is 2.82. The molecule has 0 aliphatic rings. The van der Waals surface area contributed by atoms with E-state index in [9.17, 15) is 10.1 Å². The van der Waals surface area contributed by atoms with E-state index in [1.807, 2.05) is 26.0 Å². The number of carbonyl (C=O) groups is 1. The van der Waals surface area contributed by atoms with Crippen molar-refractivity contribution in [3.63, 3.8) is 0 Å². The number of carbonyl (C=O) groups excluding carboxylic acids is 1. The minimum Gasteiger partial charge on any atom is -0.411 e. The second-order valence-corrected chi connectivity index (χ2v) is 8.93. The van der Waals surface area contributed by atoms with Gasteiger partial charge in [0.2, 0.25) is 11.8 Å². The quantitative estimate of drug-likeness (QED) is 0.749. The van der Waals surface area contributed by atoms with Crippen molar-refractivity contribution in [3.05, 3.63) is 29.8 Å². The Morgan fingerprint density at radius 1 is 1.22 bits per heavy atom. The molecule has 0 saturated carbocycles. The second kappa shape index (κ2) is 8.13. The summed E-state index contributed by atoms with van der Waals surface area (Å²) in [6.07, 6.45) is 0. The van der Waals surface area contributed by atoms with Crippen molar-refractivity contribution in [2.75, 3.05) is 5.75 Å². The highest BCUT2D eigenvalue weighted by Gasteiger charge is 2.30. The van der Waals surface area contributed by atoms with Crippen LogP contribution in [0, 0.1) is 17.2 Å². The first kappa shape index (κ1) is 21.0. The van der Waals surface area contributed by atoms with Gasteiger partial charge in [0.1, 0.15) is 5.54 Å². The van der Waals surface area contributed by atoms with Gasteiger partial charge in [0.05, 0.1) is 11.8 Å². The molecule has 0 aliphatic carbocycles. The topological polar surface area (TPSA) is 91.8 Å². The first-order chi connectivity index (χ1) is 12.5. The van der Waals surface area contributed by atoms with E-state index >= 15 is 0 Å². The highest BCUT2D eigenvalue weighted by molar-refractivity contribution is 7.99. The molecule has 27 heavy (non-hydrogen) atoms. The van der Waals surface area contributed by atoms with Crippen LogP contribution in [0.3, 0.4) is 0 Å². The van der Waals surface area contributed by atoms with Gasteiger partial charge in [-0.2, -0.15) is 5.26 Å². The zero-order valence-corrected chi connectivity index (χ0v) is 17.5. The summed E-state index contributed by atoms with van der Waals surface area (Å²) in [5, 5.41) is 20.4. The molecule has 0 fully saturated rings. The predicted molar refractivity (Wildman–Crippen MR) is 106 cm³/mol. The molecular formula is C20H26N4O2S. The maximum Gasteiger partial charge on any atom is 0.277 e. The Kier molecular flexibility index (Phi) is 6.32. The van der Waals surface area contributed by atoms with Crippen LogP contribution in [0.25, 0.3) is 11.5 Å². The summed E-state index contributed by atoms with van der Waals surface area (Å²) in [6, 6.07) is 10.2. The standard InChI is InChI=1S/C20H26N4O2S/c1-13(2)20(6,12-21)22-16(25)11-27-18-24-23-17(26-18)14-7-9-15(10-8-14)19(3,4)5/h7-10,13H,11H2,1-6H3,(H,22,25). The molecule has 0 spiro atoms. The van der Waals surface area contributed by atoms with Crippen LogP contribution in [0.2, 0.25) is 0 Å². The number of nitrogens with one attached hydrogen (secondary N) is 1. The summed E-state index contributed by atoms with van der Waals surface area (Å²) in [7, 11) is 0. The summed E-state index contributed by atoms with van der Waals surface area (Å²) in [5.41, 5.74) is 1.24. The van der Waals surface area contributed by atoms with Crippen molar-refractivity contribution in [1.82, 2.24) is 15.5 Å². The number of thioether (sulfide) groups is 1. The molecule has 2 rings (SSSR count). The van der Waals surface area contributed by atoms with E-state index in [2.05, 4.69) is 54.5 Å². The Labute approximate surface area is 164 Å². The van der Waals surface area contributed by atoms with Crippen molar-refractivity contribution >= 4 is 17.7 Å². The molecule has 1 atom stereocenters. The molecule has 1 aromatic heterocycles. The van der Waals surface area contributed by atoms with Crippen molar-refractivity contribution in [2.45, 2.75) is 57.7 Å². The highest BCUT2D eigenvalue weighted by atomic mass is 32.2. The van der Waals surface area contributed by atoms with E-state index in [0.29, 0.717) is 11.1 Å². The highest BCUT2D eigenvalue weighted by Crippen LogP contribution is 2.27. The van der Waals surface area contributed by atoms with Crippen LogP contribution in [0.1, 0.15) is 47.1 Å². The fraction of sp³-hybridized carbons (Fsp3) is 0.500. The smallest absolute Gasteiger partial charge is 0.277 e. The molecule has 0 saturated heterocycles. The van der Waals surface area contributed by atoms with Gasteiger partial charge in [-0.15, -0.1) is 10.2 Å². The number of aromatic nitrogens is 2. The molecule has 1 unspecified atom stereocenters. The Bertz CT molecular complexity index is 831. The Morgan fingerprint density at radius 2 is 1.85 bits per heavy atom. The van der Waals surface area contributed by atoms with Crippen LogP contribution in [-0.4, -0.2) is 27.4 Å². The predicted octanol–water partition coefficient (Wildman–Crippen LogP) is 4.18. The van der Waals surface area contributed by atoms with Crippen LogP contribution in [-0.2, 0) is 10.2 Å². The number of nitrogens with zero attached hydrogens (tertiary/aromatic N) is 3. The summed E-state index contributed by atoms with van der Waals surface area (Å²) in [6.45, 7) is 12.0. The molecule has 0 bridgehead atoms. The number of hydrogen-bond donors (Lipinski definition) is 1. The number of amides is 1. The zero-order valence-electron chi connectivity index (χ0n) is 16.7. The first-order valence-electron chi connectivity index (χ1n) is 8.84. The van der Waals surface area contributed by atoms with Gasteiger partial charge in [0, 0.05) is 5.56 Å². The van der Waals surface area contributed by atoms with E-state index in [0.717, 1.165) is 17.3 Å².